The number of hydrogen-bond acceptors (Lipinski definition) is 7. The summed E-state index contributed by atoms with van der Waals surface area (Å²) in [6.07, 6.45) is 3.88. The van der Waals surface area contributed by atoms with Crippen LogP contribution in [0.3, 0.4) is 0 Å². The lowest BCUT2D eigenvalue weighted by atomic mass is 10.0. The van der Waals surface area contributed by atoms with Crippen LogP contribution in [-0.2, 0) is 25.5 Å². The number of H-pyrrole nitrogens is 1. The molecule has 4 aromatic rings. The van der Waals surface area contributed by atoms with Gasteiger partial charge in [-0.25, -0.2) is 9.18 Å². The Bertz CT molecular complexity index is 1490. The van der Waals surface area contributed by atoms with Crippen LogP contribution in [0.25, 0.3) is 28.0 Å². The van der Waals surface area contributed by atoms with Crippen molar-refractivity contribution >= 4 is 40.4 Å². The predicted molar refractivity (Wildman–Crippen MR) is 147 cm³/mol. The molecule has 0 bridgehead atoms. The van der Waals surface area contributed by atoms with Gasteiger partial charge in [-0.15, -0.1) is 9.90 Å². The maximum Gasteiger partial charge on any atom is 0.328 e. The quantitative estimate of drug-likeness (QED) is 0.244. The first-order valence-electron chi connectivity index (χ1n) is 12.2. The molecule has 0 aliphatic rings. The summed E-state index contributed by atoms with van der Waals surface area (Å²) in [5.74, 6) is -0.741. The molecule has 2 atom stereocenters. The van der Waals surface area contributed by atoms with Crippen LogP contribution in [-0.4, -0.2) is 69.0 Å². The molecule has 4 rings (SSSR count). The van der Waals surface area contributed by atoms with Crippen molar-refractivity contribution in [3.63, 3.8) is 0 Å². The van der Waals surface area contributed by atoms with E-state index in [-0.39, 0.29) is 12.2 Å². The van der Waals surface area contributed by atoms with Gasteiger partial charge in [-0.2, -0.15) is 16.9 Å². The van der Waals surface area contributed by atoms with Crippen molar-refractivity contribution in [1.29, 1.82) is 0 Å². The van der Waals surface area contributed by atoms with Gasteiger partial charge in [0, 0.05) is 35.4 Å². The Labute approximate surface area is 228 Å². The average Bonchev–Trinajstić information content (AvgIpc) is 3.55. The normalized spacial score (nSPS) is 12.6. The van der Waals surface area contributed by atoms with Gasteiger partial charge in [0.15, 0.2) is 5.82 Å². The zero-order valence-corrected chi connectivity index (χ0v) is 22.5. The Hall–Kier alpha value is -4.19. The molecule has 3 N–H and O–H groups in total. The largest absolute Gasteiger partial charge is 0.467 e. The first-order chi connectivity index (χ1) is 18.8. The van der Waals surface area contributed by atoms with E-state index in [4.69, 9.17) is 4.74 Å². The number of carbonyl (C=O) groups excluding carboxylic acids is 3. The lowest BCUT2D eigenvalue weighted by Gasteiger charge is -2.22. The number of amides is 2. The number of methoxy groups -OCH3 is 1. The van der Waals surface area contributed by atoms with E-state index in [1.807, 2.05) is 30.5 Å². The Kier molecular flexibility index (Phi) is 8.97. The number of benzene rings is 2. The molecule has 0 fully saturated rings. The number of hydrogen-bond donors (Lipinski definition) is 3. The summed E-state index contributed by atoms with van der Waals surface area (Å²) in [6.45, 7) is 1.32. The van der Waals surface area contributed by atoms with E-state index in [0.717, 1.165) is 10.9 Å². The van der Waals surface area contributed by atoms with Gasteiger partial charge in [-0.3, -0.25) is 9.59 Å². The van der Waals surface area contributed by atoms with Crippen LogP contribution in [0.15, 0.2) is 54.7 Å². The van der Waals surface area contributed by atoms with Gasteiger partial charge in [0.05, 0.1) is 13.3 Å². The number of carbonyl (C=O) groups is 3. The fourth-order valence-electron chi connectivity index (χ4n) is 4.27. The number of aromatic nitrogens is 4. The van der Waals surface area contributed by atoms with Gasteiger partial charge >= 0.3 is 5.97 Å². The third-order valence-electron chi connectivity index (χ3n) is 6.12. The van der Waals surface area contributed by atoms with Crippen LogP contribution in [0.2, 0.25) is 0 Å². The number of nitrogens with zero attached hydrogens (tertiary/aromatic N) is 3. The van der Waals surface area contributed by atoms with Gasteiger partial charge in [0.2, 0.25) is 11.8 Å². The number of rotatable bonds is 11. The number of halogens is 1. The first kappa shape index (κ1) is 27.8. The lowest BCUT2D eigenvalue weighted by molar-refractivity contribution is -0.145. The Morgan fingerprint density at radius 2 is 1.92 bits per heavy atom. The summed E-state index contributed by atoms with van der Waals surface area (Å²) in [5.41, 5.74) is 2.49. The summed E-state index contributed by atoms with van der Waals surface area (Å²) in [7, 11) is 1.26. The molecule has 0 unspecified atom stereocenters. The minimum absolute atomic E-state index is 0.0814. The van der Waals surface area contributed by atoms with Gasteiger partial charge in [-0.05, 0) is 36.6 Å². The maximum atomic E-state index is 13.8. The van der Waals surface area contributed by atoms with E-state index < -0.39 is 29.9 Å². The molecule has 2 amide bonds. The Balaban J connectivity index is 1.69. The molecule has 2 aromatic carbocycles. The standard InChI is InChI=1S/C27H29FN6O4S/c1-16(35)30-23(26(36)32-22(11-12-39-3)27(37)38-2)14-20-19-9-4-5-10-21(19)31-25(20)34-29-15-24(33-34)17-7-6-8-18(28)13-17/h4-10,13,15,22-23,31H,11-12,14H2,1-3H3,(H,30,35)(H,32,36)/t22-,23-/m0/s1. The van der Waals surface area contributed by atoms with Crippen molar-refractivity contribution in [3.8, 4) is 17.1 Å². The molecule has 204 valence electrons. The molecule has 39 heavy (non-hydrogen) atoms. The number of fused-ring (bicyclic) bond motifs is 1. The van der Waals surface area contributed by atoms with Crippen LogP contribution in [0.4, 0.5) is 4.39 Å². The monoisotopic (exact) mass is 552 g/mol. The molecule has 2 aromatic heterocycles. The highest BCUT2D eigenvalue weighted by Gasteiger charge is 2.29. The number of nitrogens with one attached hydrogen (secondary N) is 3. The van der Waals surface area contributed by atoms with Crippen molar-refractivity contribution in [2.45, 2.75) is 31.8 Å². The summed E-state index contributed by atoms with van der Waals surface area (Å²) in [5, 5.41) is 15.2. The van der Waals surface area contributed by atoms with E-state index >= 15 is 0 Å². The summed E-state index contributed by atoms with van der Waals surface area (Å²) in [6, 6.07) is 11.7. The van der Waals surface area contributed by atoms with E-state index in [9.17, 15) is 18.8 Å². The molecular weight excluding hydrogens is 523 g/mol. The number of aromatic amines is 1. The third-order valence-corrected chi connectivity index (χ3v) is 6.76. The van der Waals surface area contributed by atoms with Crippen LogP contribution in [0.5, 0.6) is 0 Å². The lowest BCUT2D eigenvalue weighted by Crippen LogP contribution is -2.52. The SMILES string of the molecule is COC(=O)[C@H](CCSC)NC(=O)[C@H](Cc1c(-n2ncc(-c3cccc(F)c3)n2)[nH]c2ccccc12)NC(C)=O. The molecule has 0 spiro atoms. The molecular formula is C27H29FN6O4S. The highest BCUT2D eigenvalue weighted by Crippen LogP contribution is 2.27. The number of para-hydroxylation sites is 1. The molecule has 0 aliphatic heterocycles. The highest BCUT2D eigenvalue weighted by molar-refractivity contribution is 7.98. The molecule has 0 saturated heterocycles. The summed E-state index contributed by atoms with van der Waals surface area (Å²) in [4.78, 5) is 42.4. The molecule has 2 heterocycles. The zero-order chi connectivity index (χ0) is 27.9. The number of thioether (sulfide) groups is 1. The fraction of sp³-hybridized carbons (Fsp3) is 0.296. The minimum Gasteiger partial charge on any atom is -0.467 e. The van der Waals surface area contributed by atoms with Crippen molar-refractivity contribution in [2.75, 3.05) is 19.1 Å². The highest BCUT2D eigenvalue weighted by atomic mass is 32.2. The van der Waals surface area contributed by atoms with Crippen molar-refractivity contribution in [2.24, 2.45) is 0 Å². The molecule has 0 saturated carbocycles. The number of ether oxygens (including phenoxy) is 1. The minimum atomic E-state index is -1.000. The van der Waals surface area contributed by atoms with Crippen LogP contribution >= 0.6 is 11.8 Å². The average molecular weight is 553 g/mol. The first-order valence-corrected chi connectivity index (χ1v) is 13.6. The molecule has 0 radical (unpaired) electrons. The second-order valence-corrected chi connectivity index (χ2v) is 9.84. The second kappa shape index (κ2) is 12.6. The van der Waals surface area contributed by atoms with Crippen molar-refractivity contribution in [1.82, 2.24) is 30.6 Å². The van der Waals surface area contributed by atoms with Gasteiger partial charge in [0.25, 0.3) is 0 Å². The molecule has 12 heteroatoms. The van der Waals surface area contributed by atoms with Crippen LogP contribution < -0.4 is 10.6 Å². The van der Waals surface area contributed by atoms with Gasteiger partial charge in [-0.1, -0.05) is 30.3 Å². The second-order valence-electron chi connectivity index (χ2n) is 8.85. The van der Waals surface area contributed by atoms with E-state index in [1.54, 1.807) is 12.1 Å². The van der Waals surface area contributed by atoms with E-state index in [1.165, 1.54) is 48.9 Å². The van der Waals surface area contributed by atoms with Crippen LogP contribution in [0, 0.1) is 5.82 Å². The summed E-state index contributed by atoms with van der Waals surface area (Å²) < 4.78 is 18.6. The maximum absolute atomic E-state index is 13.8. The van der Waals surface area contributed by atoms with Gasteiger partial charge in [0.1, 0.15) is 23.6 Å². The fourth-order valence-corrected chi connectivity index (χ4v) is 4.74. The zero-order valence-electron chi connectivity index (χ0n) is 21.7. The Morgan fingerprint density at radius 3 is 2.64 bits per heavy atom. The Morgan fingerprint density at radius 1 is 1.13 bits per heavy atom. The van der Waals surface area contributed by atoms with Crippen molar-refractivity contribution < 1.29 is 23.5 Å². The van der Waals surface area contributed by atoms with E-state index in [0.29, 0.717) is 34.8 Å². The van der Waals surface area contributed by atoms with Gasteiger partial charge < -0.3 is 20.4 Å². The third kappa shape index (κ3) is 6.63. The topological polar surface area (TPSA) is 131 Å². The summed E-state index contributed by atoms with van der Waals surface area (Å²) >= 11 is 1.54. The smallest absolute Gasteiger partial charge is 0.328 e. The van der Waals surface area contributed by atoms with Crippen LogP contribution in [0.1, 0.15) is 18.9 Å². The number of esters is 1. The van der Waals surface area contributed by atoms with Crippen molar-refractivity contribution in [3.05, 3.63) is 66.1 Å². The molecule has 0 aliphatic carbocycles. The predicted octanol–water partition coefficient (Wildman–Crippen LogP) is 3.01. The van der Waals surface area contributed by atoms with E-state index in [2.05, 4.69) is 25.8 Å². The molecule has 10 nitrogen and oxygen atoms in total.